The molecule has 0 saturated carbocycles. The molecule has 0 fully saturated rings. The lowest BCUT2D eigenvalue weighted by molar-refractivity contribution is -0.138. The first-order chi connectivity index (χ1) is 7.11. The summed E-state index contributed by atoms with van der Waals surface area (Å²) in [6.45, 7) is 6.82. The van der Waals surface area contributed by atoms with Gasteiger partial charge in [0.25, 0.3) is 0 Å². The summed E-state index contributed by atoms with van der Waals surface area (Å²) >= 11 is 0. The molecular weight excluding hydrogens is 190 g/mol. The average Bonchev–Trinajstić information content (AvgIpc) is 2.26. The smallest absolute Gasteiger partial charge is 0.313 e. The molecule has 0 aromatic heterocycles. The fraction of sp³-hybridized carbons (Fsp3) is 0.167. The first-order valence-corrected chi connectivity index (χ1v) is 4.58. The van der Waals surface area contributed by atoms with Crippen molar-refractivity contribution in [1.29, 1.82) is 0 Å². The van der Waals surface area contributed by atoms with Crippen LogP contribution in [0.2, 0.25) is 0 Å². The lowest BCUT2D eigenvalue weighted by Crippen LogP contribution is -2.03. The molecule has 0 amide bonds. The third kappa shape index (κ3) is 3.38. The van der Waals surface area contributed by atoms with Crippen LogP contribution in [0.5, 0.6) is 0 Å². The first-order valence-electron chi connectivity index (χ1n) is 4.58. The van der Waals surface area contributed by atoms with Crippen molar-refractivity contribution in [1.82, 2.24) is 0 Å². The minimum Gasteiger partial charge on any atom is -0.313 e. The largest absolute Gasteiger partial charge is 0.360 e. The van der Waals surface area contributed by atoms with Crippen LogP contribution in [0.1, 0.15) is 19.4 Å². The molecule has 0 atom stereocenters. The van der Waals surface area contributed by atoms with E-state index in [1.165, 1.54) is 0 Å². The van der Waals surface area contributed by atoms with Gasteiger partial charge in [-0.2, -0.15) is 0 Å². The average molecular weight is 203 g/mol. The molecule has 0 aliphatic rings. The van der Waals surface area contributed by atoms with Crippen molar-refractivity contribution in [3.63, 3.8) is 0 Å². The Balaban J connectivity index is 2.69. The van der Waals surface area contributed by atoms with Crippen LogP contribution in [0.25, 0.3) is 0 Å². The van der Waals surface area contributed by atoms with Crippen LogP contribution >= 0.6 is 0 Å². The number of hydrogen-bond donors (Lipinski definition) is 0. The van der Waals surface area contributed by atoms with Crippen LogP contribution in [0.3, 0.4) is 0 Å². The molecule has 3 heteroatoms. The van der Waals surface area contributed by atoms with Gasteiger partial charge in [-0.3, -0.25) is 0 Å². The minimum absolute atomic E-state index is 0.333. The molecule has 0 saturated heterocycles. The molecule has 78 valence electrons. The topological polar surface area (TPSA) is 38.7 Å². The Kier molecular flexibility index (Phi) is 3.80. The van der Waals surface area contributed by atoms with Crippen LogP contribution < -0.4 is 0 Å². The summed E-state index contributed by atoms with van der Waals surface area (Å²) < 4.78 is 0. The highest BCUT2D eigenvalue weighted by atomic mass is 16.7. The lowest BCUT2D eigenvalue weighted by Gasteiger charge is -2.00. The van der Waals surface area contributed by atoms with Crippen LogP contribution in [0, 0.1) is 0 Å². The zero-order valence-corrected chi connectivity index (χ0v) is 8.86. The number of oxime groups is 1. The van der Waals surface area contributed by atoms with E-state index >= 15 is 0 Å². The van der Waals surface area contributed by atoms with E-state index in [1.54, 1.807) is 13.8 Å². The highest BCUT2D eigenvalue weighted by Gasteiger charge is 2.03. The van der Waals surface area contributed by atoms with Gasteiger partial charge >= 0.3 is 5.97 Å². The van der Waals surface area contributed by atoms with E-state index in [9.17, 15) is 4.79 Å². The lowest BCUT2D eigenvalue weighted by atomic mass is 10.1. The molecule has 15 heavy (non-hydrogen) atoms. The monoisotopic (exact) mass is 203 g/mol. The predicted octanol–water partition coefficient (Wildman–Crippen LogP) is 2.53. The molecule has 0 aliphatic heterocycles. The van der Waals surface area contributed by atoms with Crippen LogP contribution in [0.4, 0.5) is 0 Å². The van der Waals surface area contributed by atoms with E-state index in [4.69, 9.17) is 0 Å². The van der Waals surface area contributed by atoms with Gasteiger partial charge in [-0.05, 0) is 19.4 Å². The zero-order valence-electron chi connectivity index (χ0n) is 8.86. The highest BCUT2D eigenvalue weighted by molar-refractivity contribution is 5.99. The number of rotatable bonds is 3. The van der Waals surface area contributed by atoms with Crippen LogP contribution in [0.15, 0.2) is 47.6 Å². The fourth-order valence-electron chi connectivity index (χ4n) is 0.920. The molecule has 1 rings (SSSR count). The van der Waals surface area contributed by atoms with E-state index in [0.717, 1.165) is 5.56 Å². The van der Waals surface area contributed by atoms with E-state index in [2.05, 4.69) is 16.6 Å². The van der Waals surface area contributed by atoms with E-state index in [1.807, 2.05) is 30.3 Å². The standard InChI is InChI=1S/C12H13NO2/c1-9(2)12(14)15-13-10(3)11-7-5-4-6-8-11/h4-8H,1H2,2-3H3/b13-10-. The summed E-state index contributed by atoms with van der Waals surface area (Å²) in [5, 5.41) is 3.72. The Hall–Kier alpha value is -1.90. The second-order valence-electron chi connectivity index (χ2n) is 3.20. The van der Waals surface area contributed by atoms with E-state index in [-0.39, 0.29) is 0 Å². The Morgan fingerprint density at radius 2 is 1.87 bits per heavy atom. The van der Waals surface area contributed by atoms with Gasteiger partial charge in [0.05, 0.1) is 5.71 Å². The molecule has 0 heterocycles. The highest BCUT2D eigenvalue weighted by Crippen LogP contribution is 2.02. The second kappa shape index (κ2) is 5.10. The predicted molar refractivity (Wildman–Crippen MR) is 59.6 cm³/mol. The van der Waals surface area contributed by atoms with Crippen molar-refractivity contribution in [2.75, 3.05) is 0 Å². The molecule has 3 nitrogen and oxygen atoms in total. The molecule has 0 spiro atoms. The van der Waals surface area contributed by atoms with Crippen molar-refractivity contribution in [2.45, 2.75) is 13.8 Å². The summed E-state index contributed by atoms with van der Waals surface area (Å²) in [6, 6.07) is 9.50. The van der Waals surface area contributed by atoms with Gasteiger partial charge in [0, 0.05) is 5.57 Å². The molecular formula is C12H13NO2. The maximum atomic E-state index is 11.0. The van der Waals surface area contributed by atoms with Gasteiger partial charge in [0.2, 0.25) is 0 Å². The third-order valence-electron chi connectivity index (χ3n) is 1.81. The summed E-state index contributed by atoms with van der Waals surface area (Å²) in [7, 11) is 0. The van der Waals surface area contributed by atoms with Gasteiger partial charge in [-0.25, -0.2) is 4.79 Å². The number of hydrogen-bond acceptors (Lipinski definition) is 3. The molecule has 0 unspecified atom stereocenters. The van der Waals surface area contributed by atoms with Crippen LogP contribution in [-0.2, 0) is 9.63 Å². The van der Waals surface area contributed by atoms with E-state index in [0.29, 0.717) is 11.3 Å². The number of benzene rings is 1. The first kappa shape index (κ1) is 11.2. The van der Waals surface area contributed by atoms with Crippen molar-refractivity contribution in [3.05, 3.63) is 48.0 Å². The molecule has 0 aliphatic carbocycles. The zero-order chi connectivity index (χ0) is 11.3. The maximum absolute atomic E-state index is 11.0. The summed E-state index contributed by atoms with van der Waals surface area (Å²) in [5.41, 5.74) is 1.91. The van der Waals surface area contributed by atoms with Crippen LogP contribution in [-0.4, -0.2) is 11.7 Å². The molecule has 0 bridgehead atoms. The molecule has 0 N–H and O–H groups in total. The Morgan fingerprint density at radius 1 is 1.27 bits per heavy atom. The SMILES string of the molecule is C=C(C)C(=O)O/N=C(/C)c1ccccc1. The molecule has 0 radical (unpaired) electrons. The second-order valence-corrected chi connectivity index (χ2v) is 3.20. The maximum Gasteiger partial charge on any atom is 0.360 e. The molecule has 1 aromatic rings. The summed E-state index contributed by atoms with van der Waals surface area (Å²) in [4.78, 5) is 15.7. The van der Waals surface area contributed by atoms with Gasteiger partial charge in [-0.15, -0.1) is 0 Å². The van der Waals surface area contributed by atoms with Crippen molar-refractivity contribution in [3.8, 4) is 0 Å². The van der Waals surface area contributed by atoms with Gasteiger partial charge in [0.15, 0.2) is 0 Å². The quantitative estimate of drug-likeness (QED) is 0.328. The van der Waals surface area contributed by atoms with Gasteiger partial charge < -0.3 is 4.84 Å². The number of carbonyl (C=O) groups is 1. The summed E-state index contributed by atoms with van der Waals surface area (Å²) in [6.07, 6.45) is 0. The Morgan fingerprint density at radius 3 is 2.40 bits per heavy atom. The number of nitrogens with zero attached hydrogens (tertiary/aromatic N) is 1. The number of carbonyl (C=O) groups excluding carboxylic acids is 1. The minimum atomic E-state index is -0.509. The Bertz CT molecular complexity index is 393. The third-order valence-corrected chi connectivity index (χ3v) is 1.81. The van der Waals surface area contributed by atoms with E-state index < -0.39 is 5.97 Å². The van der Waals surface area contributed by atoms with Crippen molar-refractivity contribution < 1.29 is 9.63 Å². The van der Waals surface area contributed by atoms with Crippen molar-refractivity contribution in [2.24, 2.45) is 5.16 Å². The van der Waals surface area contributed by atoms with Gasteiger partial charge in [-0.1, -0.05) is 42.1 Å². The molecule has 1 aromatic carbocycles. The van der Waals surface area contributed by atoms with Gasteiger partial charge in [0.1, 0.15) is 0 Å². The summed E-state index contributed by atoms with van der Waals surface area (Å²) in [5.74, 6) is -0.509. The fourth-order valence-corrected chi connectivity index (χ4v) is 0.920. The van der Waals surface area contributed by atoms with Crippen molar-refractivity contribution >= 4 is 11.7 Å². The normalized spacial score (nSPS) is 10.9. The Labute approximate surface area is 89.1 Å².